The van der Waals surface area contributed by atoms with Crippen LogP contribution in [0.3, 0.4) is 0 Å². The predicted molar refractivity (Wildman–Crippen MR) is 92.9 cm³/mol. The number of carbonyl (C=O) groups excluding carboxylic acids is 1. The lowest BCUT2D eigenvalue weighted by Crippen LogP contribution is -2.38. The highest BCUT2D eigenvalue weighted by Gasteiger charge is 2.11. The molecule has 2 aromatic rings. The Morgan fingerprint density at radius 2 is 2.09 bits per heavy atom. The Morgan fingerprint density at radius 1 is 1.26 bits per heavy atom. The standard InChI is InChI=1S/C16H22N4O2S/c1-12-6-9-22-14(12)15(21)18-7-4-8-19-16(17-2)20-11-13-5-3-10-23-13/h3,5-6,9-10H,4,7-8,11H2,1-2H3,(H,18,21)(H2,17,19,20). The number of furan rings is 1. The highest BCUT2D eigenvalue weighted by molar-refractivity contribution is 7.09. The third-order valence-corrected chi connectivity index (χ3v) is 4.11. The van der Waals surface area contributed by atoms with Crippen molar-refractivity contribution < 1.29 is 9.21 Å². The maximum atomic E-state index is 11.9. The van der Waals surface area contributed by atoms with Crippen molar-refractivity contribution in [3.8, 4) is 0 Å². The third kappa shape index (κ3) is 5.45. The molecule has 0 saturated carbocycles. The number of carbonyl (C=O) groups is 1. The van der Waals surface area contributed by atoms with Crippen LogP contribution in [0.2, 0.25) is 0 Å². The first kappa shape index (κ1) is 17.1. The van der Waals surface area contributed by atoms with Crippen LogP contribution in [-0.2, 0) is 6.54 Å². The minimum atomic E-state index is -0.173. The lowest BCUT2D eigenvalue weighted by Gasteiger charge is -2.11. The second kappa shape index (κ2) is 8.99. The van der Waals surface area contributed by atoms with Crippen LogP contribution in [0.4, 0.5) is 0 Å². The first-order valence-corrected chi connectivity index (χ1v) is 8.38. The molecule has 23 heavy (non-hydrogen) atoms. The SMILES string of the molecule is CN=C(NCCCNC(=O)c1occc1C)NCc1cccs1. The highest BCUT2D eigenvalue weighted by Crippen LogP contribution is 2.08. The van der Waals surface area contributed by atoms with Gasteiger partial charge in [0.25, 0.3) is 5.91 Å². The van der Waals surface area contributed by atoms with Crippen molar-refractivity contribution in [3.05, 3.63) is 46.0 Å². The molecule has 2 heterocycles. The molecule has 0 fully saturated rings. The number of amides is 1. The average Bonchev–Trinajstić information content (AvgIpc) is 3.21. The largest absolute Gasteiger partial charge is 0.459 e. The molecule has 0 aliphatic rings. The van der Waals surface area contributed by atoms with Crippen LogP contribution in [-0.4, -0.2) is 32.0 Å². The zero-order chi connectivity index (χ0) is 16.5. The molecule has 0 aromatic carbocycles. The molecule has 0 unspecified atom stereocenters. The summed E-state index contributed by atoms with van der Waals surface area (Å²) in [7, 11) is 1.74. The normalized spacial score (nSPS) is 11.3. The topological polar surface area (TPSA) is 78.7 Å². The zero-order valence-corrected chi connectivity index (χ0v) is 14.2. The third-order valence-electron chi connectivity index (χ3n) is 3.23. The molecule has 0 saturated heterocycles. The molecule has 2 aromatic heterocycles. The molecule has 0 aliphatic carbocycles. The van der Waals surface area contributed by atoms with Gasteiger partial charge in [-0.05, 0) is 30.9 Å². The number of guanidine groups is 1. The van der Waals surface area contributed by atoms with Gasteiger partial charge in [-0.3, -0.25) is 9.79 Å². The average molecular weight is 334 g/mol. The first-order chi connectivity index (χ1) is 11.2. The smallest absolute Gasteiger partial charge is 0.287 e. The summed E-state index contributed by atoms with van der Waals surface area (Å²) in [6.07, 6.45) is 2.32. The Morgan fingerprint density at radius 3 is 2.74 bits per heavy atom. The molecule has 2 rings (SSSR count). The number of hydrogen-bond acceptors (Lipinski definition) is 4. The summed E-state index contributed by atoms with van der Waals surface area (Å²) in [6.45, 7) is 3.91. The number of rotatable bonds is 7. The summed E-state index contributed by atoms with van der Waals surface area (Å²) in [5, 5.41) is 11.4. The number of thiophene rings is 1. The van der Waals surface area contributed by atoms with E-state index in [4.69, 9.17) is 4.42 Å². The van der Waals surface area contributed by atoms with Gasteiger partial charge in [0.1, 0.15) is 0 Å². The van der Waals surface area contributed by atoms with E-state index >= 15 is 0 Å². The fourth-order valence-corrected chi connectivity index (χ4v) is 2.63. The summed E-state index contributed by atoms with van der Waals surface area (Å²) in [5.74, 6) is 0.964. The van der Waals surface area contributed by atoms with Gasteiger partial charge in [0, 0.05) is 30.6 Å². The Bertz CT molecular complexity index is 634. The number of nitrogens with one attached hydrogen (secondary N) is 3. The van der Waals surface area contributed by atoms with E-state index in [1.807, 2.05) is 13.0 Å². The molecule has 0 radical (unpaired) electrons. The summed E-state index contributed by atoms with van der Waals surface area (Å²) >= 11 is 1.71. The van der Waals surface area contributed by atoms with Gasteiger partial charge in [-0.15, -0.1) is 11.3 Å². The minimum absolute atomic E-state index is 0.173. The molecule has 124 valence electrons. The van der Waals surface area contributed by atoms with Crippen molar-refractivity contribution in [1.29, 1.82) is 0 Å². The van der Waals surface area contributed by atoms with E-state index in [2.05, 4.69) is 32.4 Å². The quantitative estimate of drug-likeness (QED) is 0.412. The van der Waals surface area contributed by atoms with Gasteiger partial charge in [-0.2, -0.15) is 0 Å². The molecular weight excluding hydrogens is 312 g/mol. The number of nitrogens with zero attached hydrogens (tertiary/aromatic N) is 1. The second-order valence-corrected chi connectivity index (χ2v) is 6.01. The molecule has 0 bridgehead atoms. The van der Waals surface area contributed by atoms with Crippen molar-refractivity contribution in [2.24, 2.45) is 4.99 Å². The molecule has 7 heteroatoms. The Labute approximate surface area is 140 Å². The van der Waals surface area contributed by atoms with Gasteiger partial charge in [0.15, 0.2) is 11.7 Å². The maximum absolute atomic E-state index is 11.9. The van der Waals surface area contributed by atoms with Crippen LogP contribution in [0.15, 0.2) is 39.3 Å². The molecule has 6 nitrogen and oxygen atoms in total. The van der Waals surface area contributed by atoms with E-state index in [-0.39, 0.29) is 5.91 Å². The summed E-state index contributed by atoms with van der Waals surface area (Å²) < 4.78 is 5.15. The van der Waals surface area contributed by atoms with Gasteiger partial charge < -0.3 is 20.4 Å². The van der Waals surface area contributed by atoms with Gasteiger partial charge in [-0.1, -0.05) is 6.07 Å². The maximum Gasteiger partial charge on any atom is 0.287 e. The van der Waals surface area contributed by atoms with Crippen molar-refractivity contribution in [2.75, 3.05) is 20.1 Å². The van der Waals surface area contributed by atoms with E-state index in [0.717, 1.165) is 31.0 Å². The van der Waals surface area contributed by atoms with Crippen molar-refractivity contribution in [2.45, 2.75) is 19.9 Å². The van der Waals surface area contributed by atoms with Crippen LogP contribution in [0.25, 0.3) is 0 Å². The Hall–Kier alpha value is -2.28. The molecular formula is C16H22N4O2S. The monoisotopic (exact) mass is 334 g/mol. The Kier molecular flexibility index (Phi) is 6.68. The van der Waals surface area contributed by atoms with Crippen molar-refractivity contribution in [3.63, 3.8) is 0 Å². The summed E-state index contributed by atoms with van der Waals surface area (Å²) in [4.78, 5) is 17.3. The molecule has 1 amide bonds. The van der Waals surface area contributed by atoms with E-state index in [1.165, 1.54) is 11.1 Å². The van der Waals surface area contributed by atoms with Crippen molar-refractivity contribution in [1.82, 2.24) is 16.0 Å². The summed E-state index contributed by atoms with van der Waals surface area (Å²) in [5.41, 5.74) is 0.846. The Balaban J connectivity index is 1.60. The summed E-state index contributed by atoms with van der Waals surface area (Å²) in [6, 6.07) is 5.89. The molecule has 0 aliphatic heterocycles. The van der Waals surface area contributed by atoms with Gasteiger partial charge in [0.05, 0.1) is 12.8 Å². The first-order valence-electron chi connectivity index (χ1n) is 7.50. The minimum Gasteiger partial charge on any atom is -0.459 e. The highest BCUT2D eigenvalue weighted by atomic mass is 32.1. The number of hydrogen-bond donors (Lipinski definition) is 3. The number of aliphatic imine (C=N–C) groups is 1. The van der Waals surface area contributed by atoms with E-state index in [0.29, 0.717) is 12.3 Å². The van der Waals surface area contributed by atoms with Gasteiger partial charge in [0.2, 0.25) is 0 Å². The van der Waals surface area contributed by atoms with Gasteiger partial charge in [-0.25, -0.2) is 0 Å². The van der Waals surface area contributed by atoms with E-state index in [9.17, 15) is 4.79 Å². The fraction of sp³-hybridized carbons (Fsp3) is 0.375. The van der Waals surface area contributed by atoms with E-state index in [1.54, 1.807) is 24.5 Å². The fourth-order valence-electron chi connectivity index (χ4n) is 1.99. The second-order valence-electron chi connectivity index (χ2n) is 4.97. The predicted octanol–water partition coefficient (Wildman–Crippen LogP) is 2.13. The van der Waals surface area contributed by atoms with Crippen molar-refractivity contribution >= 4 is 23.2 Å². The lowest BCUT2D eigenvalue weighted by molar-refractivity contribution is 0.0925. The molecule has 0 spiro atoms. The zero-order valence-electron chi connectivity index (χ0n) is 13.4. The van der Waals surface area contributed by atoms with Crippen LogP contribution in [0, 0.1) is 6.92 Å². The molecule has 3 N–H and O–H groups in total. The van der Waals surface area contributed by atoms with Gasteiger partial charge >= 0.3 is 0 Å². The lowest BCUT2D eigenvalue weighted by atomic mass is 10.2. The van der Waals surface area contributed by atoms with Crippen LogP contribution >= 0.6 is 11.3 Å². The van der Waals surface area contributed by atoms with Crippen LogP contribution in [0.5, 0.6) is 0 Å². The van der Waals surface area contributed by atoms with E-state index < -0.39 is 0 Å². The molecule has 0 atom stereocenters. The number of aryl methyl sites for hydroxylation is 1. The van der Waals surface area contributed by atoms with Crippen LogP contribution in [0.1, 0.15) is 27.4 Å². The van der Waals surface area contributed by atoms with Crippen LogP contribution < -0.4 is 16.0 Å².